The Labute approximate surface area is 173 Å². The van der Waals surface area contributed by atoms with Crippen molar-refractivity contribution in [1.82, 2.24) is 10.2 Å². The van der Waals surface area contributed by atoms with Gasteiger partial charge in [0.2, 0.25) is 5.91 Å². The molecular formula is C22H23N3O3S. The minimum Gasteiger partial charge on any atom is -0.370 e. The normalized spacial score (nSPS) is 15.1. The quantitative estimate of drug-likeness (QED) is 0.627. The summed E-state index contributed by atoms with van der Waals surface area (Å²) >= 11 is 1.49. The molecule has 0 aliphatic carbocycles. The van der Waals surface area contributed by atoms with Gasteiger partial charge in [0.25, 0.3) is 0 Å². The zero-order valence-corrected chi connectivity index (χ0v) is 16.7. The second-order valence-corrected chi connectivity index (χ2v) is 8.13. The highest BCUT2D eigenvalue weighted by Gasteiger charge is 2.33. The van der Waals surface area contributed by atoms with E-state index in [1.807, 2.05) is 35.7 Å². The van der Waals surface area contributed by atoms with Crippen LogP contribution < -0.4 is 11.1 Å². The number of rotatable bonds is 7. The Morgan fingerprint density at radius 1 is 1.14 bits per heavy atom. The number of hydrogen-bond donors (Lipinski definition) is 2. The van der Waals surface area contributed by atoms with E-state index in [-0.39, 0.29) is 18.4 Å². The van der Waals surface area contributed by atoms with Gasteiger partial charge in [-0.2, -0.15) is 0 Å². The number of hydrogen-bond acceptors (Lipinski definition) is 4. The molecule has 29 heavy (non-hydrogen) atoms. The number of nitrogens with two attached hydrogens (primary N) is 1. The van der Waals surface area contributed by atoms with Gasteiger partial charge in [-0.25, -0.2) is 4.79 Å². The molecule has 3 amide bonds. The summed E-state index contributed by atoms with van der Waals surface area (Å²) in [6.45, 7) is 1.66. The van der Waals surface area contributed by atoms with Crippen LogP contribution in [0.1, 0.15) is 22.9 Å². The Morgan fingerprint density at radius 3 is 2.69 bits per heavy atom. The molecule has 1 saturated heterocycles. The number of amides is 3. The molecule has 0 radical (unpaired) electrons. The van der Waals surface area contributed by atoms with E-state index in [1.165, 1.54) is 22.1 Å². The van der Waals surface area contributed by atoms with E-state index < -0.39 is 12.1 Å². The van der Waals surface area contributed by atoms with Gasteiger partial charge in [0, 0.05) is 18.0 Å². The number of nitrogens with zero attached hydrogens (tertiary/aromatic N) is 1. The van der Waals surface area contributed by atoms with Crippen LogP contribution in [0.2, 0.25) is 0 Å². The van der Waals surface area contributed by atoms with Gasteiger partial charge in [0.05, 0.1) is 25.2 Å². The number of primary amides is 1. The molecule has 150 valence electrons. The number of nitrogens with one attached hydrogen (secondary N) is 1. The molecule has 0 saturated carbocycles. The predicted molar refractivity (Wildman–Crippen MR) is 114 cm³/mol. The fraction of sp³-hybridized carbons (Fsp3) is 0.273. The standard InChI is InChI=1S/C22H23N3O3S/c23-22(27)24-19(20-9-4-10-29-20)11-21(26)25-12-17(13-25)28-14-16-7-3-6-15-5-1-2-8-18(15)16/h1-10,17,19H,11-14H2,(H3,23,24,27)/t19-/m1/s1. The molecule has 6 nitrogen and oxygen atoms in total. The summed E-state index contributed by atoms with van der Waals surface area (Å²) in [5.74, 6) is -0.0119. The van der Waals surface area contributed by atoms with Crippen molar-refractivity contribution in [2.75, 3.05) is 13.1 Å². The van der Waals surface area contributed by atoms with E-state index in [4.69, 9.17) is 10.5 Å². The van der Waals surface area contributed by atoms with Gasteiger partial charge in [-0.3, -0.25) is 4.79 Å². The molecule has 0 spiro atoms. The summed E-state index contributed by atoms with van der Waals surface area (Å²) in [5.41, 5.74) is 6.41. The summed E-state index contributed by atoms with van der Waals surface area (Å²) in [6, 6.07) is 17.2. The van der Waals surface area contributed by atoms with Crippen LogP contribution in [0.4, 0.5) is 4.79 Å². The molecule has 1 aromatic heterocycles. The van der Waals surface area contributed by atoms with E-state index in [0.717, 1.165) is 10.4 Å². The first kappa shape index (κ1) is 19.4. The average Bonchev–Trinajstić information content (AvgIpc) is 3.21. The minimum atomic E-state index is -0.629. The first-order valence-corrected chi connectivity index (χ1v) is 10.4. The number of carbonyl (C=O) groups excluding carboxylic acids is 2. The van der Waals surface area contributed by atoms with Gasteiger partial charge in [0.1, 0.15) is 0 Å². The molecule has 7 heteroatoms. The number of benzene rings is 2. The number of urea groups is 1. The number of likely N-dealkylation sites (tertiary alicyclic amines) is 1. The molecule has 1 aliphatic heterocycles. The van der Waals surface area contributed by atoms with Crippen LogP contribution in [0.5, 0.6) is 0 Å². The lowest BCUT2D eigenvalue weighted by Gasteiger charge is -2.39. The fourth-order valence-corrected chi connectivity index (χ4v) is 4.34. The van der Waals surface area contributed by atoms with Crippen molar-refractivity contribution in [3.05, 3.63) is 70.4 Å². The highest BCUT2D eigenvalue weighted by atomic mass is 32.1. The Kier molecular flexibility index (Phi) is 5.78. The first-order chi connectivity index (χ1) is 14.1. The number of carbonyl (C=O) groups is 2. The van der Waals surface area contributed by atoms with Crippen molar-refractivity contribution in [2.24, 2.45) is 5.73 Å². The van der Waals surface area contributed by atoms with Gasteiger partial charge in [-0.1, -0.05) is 48.5 Å². The van der Waals surface area contributed by atoms with Crippen molar-refractivity contribution in [2.45, 2.75) is 25.2 Å². The second kappa shape index (κ2) is 8.63. The zero-order chi connectivity index (χ0) is 20.2. The number of thiophene rings is 1. The maximum Gasteiger partial charge on any atom is 0.312 e. The van der Waals surface area contributed by atoms with Crippen LogP contribution in [-0.4, -0.2) is 36.0 Å². The molecule has 0 bridgehead atoms. The molecule has 3 N–H and O–H groups in total. The minimum absolute atomic E-state index is 0.0119. The molecule has 4 rings (SSSR count). The van der Waals surface area contributed by atoms with E-state index in [0.29, 0.717) is 19.7 Å². The van der Waals surface area contributed by atoms with Crippen LogP contribution >= 0.6 is 11.3 Å². The summed E-state index contributed by atoms with van der Waals surface area (Å²) in [5, 5.41) is 6.96. The fourth-order valence-electron chi connectivity index (χ4n) is 3.56. The maximum atomic E-state index is 12.6. The van der Waals surface area contributed by atoms with Gasteiger partial charge in [-0.15, -0.1) is 11.3 Å². The van der Waals surface area contributed by atoms with Gasteiger partial charge in [-0.05, 0) is 27.8 Å². The molecule has 1 atom stereocenters. The van der Waals surface area contributed by atoms with Crippen LogP contribution in [0.3, 0.4) is 0 Å². The summed E-state index contributed by atoms with van der Waals surface area (Å²) in [7, 11) is 0. The highest BCUT2D eigenvalue weighted by Crippen LogP contribution is 2.25. The Morgan fingerprint density at radius 2 is 1.93 bits per heavy atom. The van der Waals surface area contributed by atoms with E-state index >= 15 is 0 Å². The van der Waals surface area contributed by atoms with Crippen LogP contribution in [0, 0.1) is 0 Å². The lowest BCUT2D eigenvalue weighted by atomic mass is 10.0. The number of ether oxygens (including phenoxy) is 1. The van der Waals surface area contributed by atoms with Gasteiger partial charge >= 0.3 is 6.03 Å². The molecular weight excluding hydrogens is 386 g/mol. The van der Waals surface area contributed by atoms with Crippen LogP contribution in [-0.2, 0) is 16.1 Å². The molecule has 3 aromatic rings. The molecule has 1 aliphatic rings. The van der Waals surface area contributed by atoms with Crippen molar-refractivity contribution in [1.29, 1.82) is 0 Å². The lowest BCUT2D eigenvalue weighted by molar-refractivity contribution is -0.146. The van der Waals surface area contributed by atoms with Crippen molar-refractivity contribution in [3.8, 4) is 0 Å². The average molecular weight is 410 g/mol. The third-order valence-electron chi connectivity index (χ3n) is 5.14. The molecule has 0 unspecified atom stereocenters. The topological polar surface area (TPSA) is 84.7 Å². The highest BCUT2D eigenvalue weighted by molar-refractivity contribution is 7.10. The van der Waals surface area contributed by atoms with E-state index in [9.17, 15) is 9.59 Å². The smallest absolute Gasteiger partial charge is 0.312 e. The maximum absolute atomic E-state index is 12.6. The zero-order valence-electron chi connectivity index (χ0n) is 15.9. The first-order valence-electron chi connectivity index (χ1n) is 9.55. The third-order valence-corrected chi connectivity index (χ3v) is 6.12. The van der Waals surface area contributed by atoms with Crippen molar-refractivity contribution in [3.63, 3.8) is 0 Å². The second-order valence-electron chi connectivity index (χ2n) is 7.15. The Hall–Kier alpha value is -2.90. The SMILES string of the molecule is NC(=O)N[C@H](CC(=O)N1CC(OCc2cccc3ccccc23)C1)c1cccs1. The Bertz CT molecular complexity index is 994. The van der Waals surface area contributed by atoms with Crippen LogP contribution in [0.25, 0.3) is 10.8 Å². The monoisotopic (exact) mass is 409 g/mol. The van der Waals surface area contributed by atoms with E-state index in [1.54, 1.807) is 4.90 Å². The predicted octanol–water partition coefficient (Wildman–Crippen LogP) is 3.43. The molecule has 2 heterocycles. The van der Waals surface area contributed by atoms with Crippen LogP contribution in [0.15, 0.2) is 60.0 Å². The Balaban J connectivity index is 1.29. The summed E-state index contributed by atoms with van der Waals surface area (Å²) in [6.07, 6.45) is 0.224. The van der Waals surface area contributed by atoms with Crippen molar-refractivity contribution < 1.29 is 14.3 Å². The summed E-state index contributed by atoms with van der Waals surface area (Å²) < 4.78 is 6.01. The number of fused-ring (bicyclic) bond motifs is 1. The lowest BCUT2D eigenvalue weighted by Crippen LogP contribution is -2.55. The molecule has 1 fully saturated rings. The largest absolute Gasteiger partial charge is 0.370 e. The third kappa shape index (κ3) is 4.58. The van der Waals surface area contributed by atoms with E-state index in [2.05, 4.69) is 29.6 Å². The van der Waals surface area contributed by atoms with Crippen molar-refractivity contribution >= 4 is 34.0 Å². The summed E-state index contributed by atoms with van der Waals surface area (Å²) in [4.78, 5) is 26.5. The molecule has 2 aromatic carbocycles. The van der Waals surface area contributed by atoms with Gasteiger partial charge < -0.3 is 20.7 Å². The van der Waals surface area contributed by atoms with Gasteiger partial charge in [0.15, 0.2) is 0 Å².